The number of hydrogen-bond acceptors (Lipinski definition) is 3. The van der Waals surface area contributed by atoms with E-state index in [4.69, 9.17) is 5.73 Å². The summed E-state index contributed by atoms with van der Waals surface area (Å²) in [5.74, 6) is 1.69. The van der Waals surface area contributed by atoms with Crippen LogP contribution in [0.25, 0.3) is 0 Å². The molecule has 0 amide bonds. The van der Waals surface area contributed by atoms with Crippen molar-refractivity contribution in [2.75, 3.05) is 39.0 Å². The van der Waals surface area contributed by atoms with Gasteiger partial charge in [-0.05, 0) is 6.07 Å². The van der Waals surface area contributed by atoms with Crippen LogP contribution in [0.15, 0.2) is 18.2 Å². The second-order valence-electron chi connectivity index (χ2n) is 4.01. The molecule has 2 rings (SSSR count). The van der Waals surface area contributed by atoms with Crippen LogP contribution >= 0.6 is 0 Å². The summed E-state index contributed by atoms with van der Waals surface area (Å²) in [6, 6.07) is 5.86. The van der Waals surface area contributed by atoms with E-state index in [0.29, 0.717) is 5.82 Å². The first-order chi connectivity index (χ1) is 6.71. The van der Waals surface area contributed by atoms with Gasteiger partial charge < -0.3 is 11.1 Å². The van der Waals surface area contributed by atoms with Gasteiger partial charge >= 0.3 is 0 Å². The Morgan fingerprint density at radius 1 is 1.36 bits per heavy atom. The van der Waals surface area contributed by atoms with E-state index in [9.17, 15) is 0 Å². The van der Waals surface area contributed by atoms with Crippen LogP contribution in [-0.4, -0.2) is 38.2 Å². The van der Waals surface area contributed by atoms with Crippen LogP contribution < -0.4 is 15.5 Å². The number of quaternary nitrogens is 1. The van der Waals surface area contributed by atoms with Crippen LogP contribution in [-0.2, 0) is 0 Å². The Balaban J connectivity index is 2.28. The molecule has 0 spiro atoms. The SMILES string of the molecule is C[N+]1(c2cccc(N)n2)CCNCC1. The van der Waals surface area contributed by atoms with Crippen molar-refractivity contribution < 1.29 is 0 Å². The van der Waals surface area contributed by atoms with Gasteiger partial charge in [0.15, 0.2) is 0 Å². The van der Waals surface area contributed by atoms with Crippen molar-refractivity contribution in [2.24, 2.45) is 0 Å². The molecule has 2 heterocycles. The first-order valence-corrected chi connectivity index (χ1v) is 4.99. The highest BCUT2D eigenvalue weighted by atomic mass is 15.4. The summed E-state index contributed by atoms with van der Waals surface area (Å²) < 4.78 is 0.887. The molecule has 1 aliphatic heterocycles. The Labute approximate surface area is 84.3 Å². The summed E-state index contributed by atoms with van der Waals surface area (Å²) in [5, 5.41) is 3.35. The molecule has 76 valence electrons. The molecule has 4 heteroatoms. The van der Waals surface area contributed by atoms with Gasteiger partial charge in [-0.15, -0.1) is 0 Å². The Bertz CT molecular complexity index is 318. The van der Waals surface area contributed by atoms with Crippen molar-refractivity contribution >= 4 is 11.6 Å². The lowest BCUT2D eigenvalue weighted by molar-refractivity contribution is 0.282. The van der Waals surface area contributed by atoms with Crippen molar-refractivity contribution in [3.8, 4) is 0 Å². The molecule has 3 N–H and O–H groups in total. The second-order valence-corrected chi connectivity index (χ2v) is 4.01. The summed E-state index contributed by atoms with van der Waals surface area (Å²) in [6.07, 6.45) is 0. The lowest BCUT2D eigenvalue weighted by Crippen LogP contribution is -2.57. The van der Waals surface area contributed by atoms with Crippen LogP contribution in [0.2, 0.25) is 0 Å². The molecule has 1 saturated heterocycles. The van der Waals surface area contributed by atoms with Gasteiger partial charge in [-0.1, -0.05) is 6.07 Å². The van der Waals surface area contributed by atoms with Gasteiger partial charge in [0.05, 0.1) is 20.1 Å². The van der Waals surface area contributed by atoms with Crippen LogP contribution in [0.4, 0.5) is 11.6 Å². The van der Waals surface area contributed by atoms with Crippen molar-refractivity contribution in [3.05, 3.63) is 18.2 Å². The van der Waals surface area contributed by atoms with Crippen LogP contribution in [0.3, 0.4) is 0 Å². The Kier molecular flexibility index (Phi) is 2.39. The van der Waals surface area contributed by atoms with E-state index in [2.05, 4.69) is 23.4 Å². The van der Waals surface area contributed by atoms with Gasteiger partial charge in [-0.25, -0.2) is 0 Å². The number of rotatable bonds is 1. The number of aromatic nitrogens is 1. The van der Waals surface area contributed by atoms with Crippen molar-refractivity contribution in [2.45, 2.75) is 0 Å². The molecule has 0 atom stereocenters. The predicted molar refractivity (Wildman–Crippen MR) is 59.0 cm³/mol. The number of hydrogen-bond donors (Lipinski definition) is 2. The molecular weight excluding hydrogens is 176 g/mol. The maximum Gasteiger partial charge on any atom is 0.229 e. The van der Waals surface area contributed by atoms with Gasteiger partial charge in [0.1, 0.15) is 5.82 Å². The van der Waals surface area contributed by atoms with Crippen LogP contribution in [0.1, 0.15) is 0 Å². The van der Waals surface area contributed by atoms with Crippen molar-refractivity contribution in [3.63, 3.8) is 0 Å². The Morgan fingerprint density at radius 3 is 2.71 bits per heavy atom. The molecule has 0 bridgehead atoms. The summed E-state index contributed by atoms with van der Waals surface area (Å²) in [4.78, 5) is 4.39. The molecule has 0 unspecified atom stereocenters. The van der Waals surface area contributed by atoms with Crippen LogP contribution in [0.5, 0.6) is 0 Å². The number of nitrogens with two attached hydrogens (primary N) is 1. The molecule has 4 nitrogen and oxygen atoms in total. The molecular formula is C10H17N4+. The molecule has 0 saturated carbocycles. The summed E-state index contributed by atoms with van der Waals surface area (Å²) in [6.45, 7) is 4.26. The highest BCUT2D eigenvalue weighted by Crippen LogP contribution is 2.19. The van der Waals surface area contributed by atoms with E-state index >= 15 is 0 Å². The predicted octanol–water partition coefficient (Wildman–Crippen LogP) is 0.204. The molecule has 1 aromatic rings. The van der Waals surface area contributed by atoms with E-state index in [1.807, 2.05) is 12.1 Å². The Hall–Kier alpha value is -1.13. The van der Waals surface area contributed by atoms with E-state index < -0.39 is 0 Å². The summed E-state index contributed by atoms with van der Waals surface area (Å²) >= 11 is 0. The fraction of sp³-hybridized carbons (Fsp3) is 0.500. The van der Waals surface area contributed by atoms with Crippen molar-refractivity contribution in [1.82, 2.24) is 14.8 Å². The van der Waals surface area contributed by atoms with E-state index in [-0.39, 0.29) is 0 Å². The summed E-state index contributed by atoms with van der Waals surface area (Å²) in [7, 11) is 2.21. The van der Waals surface area contributed by atoms with Gasteiger partial charge in [-0.3, -0.25) is 4.48 Å². The minimum absolute atomic E-state index is 0.611. The van der Waals surface area contributed by atoms with Gasteiger partial charge in [0.25, 0.3) is 0 Å². The fourth-order valence-electron chi connectivity index (χ4n) is 1.86. The lowest BCUT2D eigenvalue weighted by atomic mass is 10.3. The molecule has 1 fully saturated rings. The minimum atomic E-state index is 0.611. The number of nitrogens with one attached hydrogen (secondary N) is 1. The maximum atomic E-state index is 5.69. The van der Waals surface area contributed by atoms with E-state index in [1.54, 1.807) is 0 Å². The van der Waals surface area contributed by atoms with E-state index in [1.165, 1.54) is 0 Å². The highest BCUT2D eigenvalue weighted by Gasteiger charge is 2.28. The minimum Gasteiger partial charge on any atom is -0.384 e. The van der Waals surface area contributed by atoms with Crippen LogP contribution in [0, 0.1) is 0 Å². The largest absolute Gasteiger partial charge is 0.384 e. The molecule has 1 aliphatic rings. The van der Waals surface area contributed by atoms with Crippen molar-refractivity contribution in [1.29, 1.82) is 0 Å². The number of likely N-dealkylation sites (N-methyl/N-ethyl adjacent to an activating group) is 1. The first kappa shape index (κ1) is 9.43. The lowest BCUT2D eigenvalue weighted by Gasteiger charge is -2.36. The fourth-order valence-corrected chi connectivity index (χ4v) is 1.86. The monoisotopic (exact) mass is 193 g/mol. The second kappa shape index (κ2) is 3.55. The number of nitrogens with zero attached hydrogens (tertiary/aromatic N) is 2. The van der Waals surface area contributed by atoms with Gasteiger partial charge in [0, 0.05) is 19.2 Å². The molecule has 0 radical (unpaired) electrons. The van der Waals surface area contributed by atoms with Gasteiger partial charge in [-0.2, -0.15) is 4.98 Å². The average molecular weight is 193 g/mol. The molecule has 14 heavy (non-hydrogen) atoms. The third-order valence-corrected chi connectivity index (χ3v) is 2.87. The summed E-state index contributed by atoms with van der Waals surface area (Å²) in [5.41, 5.74) is 5.69. The smallest absolute Gasteiger partial charge is 0.229 e. The van der Waals surface area contributed by atoms with Gasteiger partial charge in [0.2, 0.25) is 5.82 Å². The first-order valence-electron chi connectivity index (χ1n) is 4.99. The maximum absolute atomic E-state index is 5.69. The zero-order valence-electron chi connectivity index (χ0n) is 8.53. The number of nitrogen functional groups attached to an aromatic ring is 1. The quantitative estimate of drug-likeness (QED) is 0.627. The van der Waals surface area contributed by atoms with E-state index in [0.717, 1.165) is 36.5 Å². The Morgan fingerprint density at radius 2 is 2.07 bits per heavy atom. The molecule has 1 aromatic heterocycles. The third kappa shape index (κ3) is 1.71. The highest BCUT2D eigenvalue weighted by molar-refractivity contribution is 5.42. The number of anilines is 1. The third-order valence-electron chi connectivity index (χ3n) is 2.87. The zero-order valence-corrected chi connectivity index (χ0v) is 8.53. The number of piperazine rings is 1. The number of pyridine rings is 1. The molecule has 0 aromatic carbocycles. The normalized spacial score (nSPS) is 20.6. The standard InChI is InChI=1S/C10H17N4/c1-14(7-5-12-6-8-14)10-4-2-3-9(11)13-10/h2-4,12H,5-8H2,1H3,(H2,11,13)/q+1. The topological polar surface area (TPSA) is 50.9 Å². The average Bonchev–Trinajstić information content (AvgIpc) is 2.19. The molecule has 0 aliphatic carbocycles. The zero-order chi connectivity index (χ0) is 10.0.